The number of fused-ring (bicyclic) bond motifs is 1. The van der Waals surface area contributed by atoms with Crippen molar-refractivity contribution in [2.75, 3.05) is 25.5 Å². The summed E-state index contributed by atoms with van der Waals surface area (Å²) < 4.78 is 0.848. The van der Waals surface area contributed by atoms with E-state index < -0.39 is 0 Å². The topological polar surface area (TPSA) is 71.3 Å². The molecule has 100 valence electrons. The maximum absolute atomic E-state index is 11.3. The second kappa shape index (κ2) is 4.75. The molecule has 1 N–H and O–H groups in total. The number of nitro groups is 1. The van der Waals surface area contributed by atoms with Crippen molar-refractivity contribution in [3.8, 4) is 0 Å². The average Bonchev–Trinajstić information content (AvgIpc) is 2.97. The average molecular weight is 278 g/mol. The standard InChI is InChI=1S/C12H14N4O2S/c1-15-5-4-8(6-15)14-9-2-3-10-11(13-7-19-10)12(9)16(17)18/h2-3,7-8,14H,4-6H2,1H3. The summed E-state index contributed by atoms with van der Waals surface area (Å²) in [7, 11) is 2.06. The molecule has 7 heteroatoms. The van der Waals surface area contributed by atoms with Gasteiger partial charge < -0.3 is 10.2 Å². The van der Waals surface area contributed by atoms with E-state index in [1.807, 2.05) is 6.07 Å². The van der Waals surface area contributed by atoms with Crippen molar-refractivity contribution >= 4 is 32.9 Å². The number of hydrogen-bond acceptors (Lipinski definition) is 6. The molecule has 1 unspecified atom stereocenters. The fraction of sp³-hybridized carbons (Fsp3) is 0.417. The Morgan fingerprint density at radius 1 is 1.58 bits per heavy atom. The highest BCUT2D eigenvalue weighted by Crippen LogP contribution is 2.35. The molecule has 2 aromatic rings. The molecule has 3 rings (SSSR count). The minimum Gasteiger partial charge on any atom is -0.375 e. The first-order chi connectivity index (χ1) is 9.15. The van der Waals surface area contributed by atoms with Crippen molar-refractivity contribution in [2.24, 2.45) is 0 Å². The minimum atomic E-state index is -0.344. The maximum atomic E-state index is 11.3. The SMILES string of the molecule is CN1CCC(Nc2ccc3scnc3c2[N+](=O)[O-])C1. The van der Waals surface area contributed by atoms with Crippen LogP contribution in [0.1, 0.15) is 6.42 Å². The van der Waals surface area contributed by atoms with Gasteiger partial charge in [0.1, 0.15) is 5.69 Å². The Kier molecular flexibility index (Phi) is 3.08. The molecule has 0 amide bonds. The van der Waals surface area contributed by atoms with Crippen molar-refractivity contribution in [2.45, 2.75) is 12.5 Å². The highest BCUT2D eigenvalue weighted by atomic mass is 32.1. The van der Waals surface area contributed by atoms with E-state index in [-0.39, 0.29) is 16.7 Å². The molecule has 0 radical (unpaired) electrons. The number of likely N-dealkylation sites (N-methyl/N-ethyl adjacent to an activating group) is 1. The summed E-state index contributed by atoms with van der Waals surface area (Å²) in [5, 5.41) is 14.6. The van der Waals surface area contributed by atoms with Crippen LogP contribution in [0, 0.1) is 10.1 Å². The predicted molar refractivity (Wildman–Crippen MR) is 75.8 cm³/mol. The second-order valence-corrected chi connectivity index (χ2v) is 5.70. The fourth-order valence-corrected chi connectivity index (χ4v) is 3.17. The van der Waals surface area contributed by atoms with E-state index >= 15 is 0 Å². The first-order valence-electron chi connectivity index (χ1n) is 6.11. The van der Waals surface area contributed by atoms with Crippen LogP contribution in [-0.2, 0) is 0 Å². The van der Waals surface area contributed by atoms with E-state index in [2.05, 4.69) is 22.2 Å². The molecular weight excluding hydrogens is 264 g/mol. The predicted octanol–water partition coefficient (Wildman–Crippen LogP) is 2.32. The van der Waals surface area contributed by atoms with Crippen molar-refractivity contribution < 1.29 is 4.92 Å². The number of benzene rings is 1. The van der Waals surface area contributed by atoms with Gasteiger partial charge in [0.05, 0.1) is 15.1 Å². The van der Waals surface area contributed by atoms with Crippen molar-refractivity contribution in [3.63, 3.8) is 0 Å². The van der Waals surface area contributed by atoms with Gasteiger partial charge in [-0.3, -0.25) is 10.1 Å². The maximum Gasteiger partial charge on any atom is 0.319 e. The number of rotatable bonds is 3. The van der Waals surface area contributed by atoms with Crippen LogP contribution >= 0.6 is 11.3 Å². The molecule has 1 aromatic carbocycles. The highest BCUT2D eigenvalue weighted by molar-refractivity contribution is 7.16. The van der Waals surface area contributed by atoms with Crippen molar-refractivity contribution in [1.29, 1.82) is 0 Å². The van der Waals surface area contributed by atoms with Gasteiger partial charge in [-0.25, -0.2) is 4.98 Å². The van der Waals surface area contributed by atoms with Crippen LogP contribution in [0.3, 0.4) is 0 Å². The fourth-order valence-electron chi connectivity index (χ4n) is 2.49. The zero-order valence-corrected chi connectivity index (χ0v) is 11.3. The van der Waals surface area contributed by atoms with E-state index in [4.69, 9.17) is 0 Å². The highest BCUT2D eigenvalue weighted by Gasteiger charge is 2.25. The van der Waals surface area contributed by atoms with Crippen molar-refractivity contribution in [1.82, 2.24) is 9.88 Å². The number of anilines is 1. The zero-order valence-electron chi connectivity index (χ0n) is 10.5. The lowest BCUT2D eigenvalue weighted by Gasteiger charge is -2.14. The van der Waals surface area contributed by atoms with E-state index in [0.717, 1.165) is 24.2 Å². The quantitative estimate of drug-likeness (QED) is 0.689. The smallest absolute Gasteiger partial charge is 0.319 e. The summed E-state index contributed by atoms with van der Waals surface area (Å²) in [4.78, 5) is 17.3. The Morgan fingerprint density at radius 3 is 3.11 bits per heavy atom. The molecule has 6 nitrogen and oxygen atoms in total. The number of nitro benzene ring substituents is 1. The minimum absolute atomic E-state index is 0.0910. The van der Waals surface area contributed by atoms with Gasteiger partial charge in [-0.2, -0.15) is 0 Å². The monoisotopic (exact) mass is 278 g/mol. The van der Waals surface area contributed by atoms with Gasteiger partial charge in [-0.1, -0.05) is 0 Å². The largest absolute Gasteiger partial charge is 0.375 e. The van der Waals surface area contributed by atoms with Crippen LogP contribution in [0.5, 0.6) is 0 Å². The molecule has 1 aliphatic rings. The molecule has 1 fully saturated rings. The molecule has 0 aliphatic carbocycles. The lowest BCUT2D eigenvalue weighted by Crippen LogP contribution is -2.23. The van der Waals surface area contributed by atoms with Gasteiger partial charge >= 0.3 is 5.69 Å². The van der Waals surface area contributed by atoms with E-state index in [0.29, 0.717) is 11.2 Å². The van der Waals surface area contributed by atoms with E-state index in [1.54, 1.807) is 11.6 Å². The van der Waals surface area contributed by atoms with Gasteiger partial charge in [0.2, 0.25) is 0 Å². The Hall–Kier alpha value is -1.73. The third-order valence-corrected chi connectivity index (χ3v) is 4.20. The van der Waals surface area contributed by atoms with Crippen LogP contribution in [0.2, 0.25) is 0 Å². The normalized spacial score (nSPS) is 19.9. The molecular formula is C12H14N4O2S. The first-order valence-corrected chi connectivity index (χ1v) is 6.99. The molecule has 1 saturated heterocycles. The van der Waals surface area contributed by atoms with Crippen molar-refractivity contribution in [3.05, 3.63) is 27.8 Å². The number of nitrogens with one attached hydrogen (secondary N) is 1. The molecule has 1 aromatic heterocycles. The number of thiazole rings is 1. The van der Waals surface area contributed by atoms with Gasteiger partial charge in [-0.15, -0.1) is 11.3 Å². The summed E-state index contributed by atoms with van der Waals surface area (Å²) in [6, 6.07) is 3.94. The van der Waals surface area contributed by atoms with E-state index in [9.17, 15) is 10.1 Å². The molecule has 1 atom stereocenters. The van der Waals surface area contributed by atoms with Crippen LogP contribution in [0.25, 0.3) is 10.2 Å². The van der Waals surface area contributed by atoms with Crippen LogP contribution in [0.4, 0.5) is 11.4 Å². The van der Waals surface area contributed by atoms with Crippen LogP contribution in [-0.4, -0.2) is 41.0 Å². The third kappa shape index (κ3) is 2.26. The number of aromatic nitrogens is 1. The summed E-state index contributed by atoms with van der Waals surface area (Å²) >= 11 is 1.42. The summed E-state index contributed by atoms with van der Waals surface area (Å²) in [6.45, 7) is 1.93. The molecule has 2 heterocycles. The molecule has 19 heavy (non-hydrogen) atoms. The lowest BCUT2D eigenvalue weighted by atomic mass is 10.2. The Labute approximate surface area is 114 Å². The van der Waals surface area contributed by atoms with Crippen LogP contribution in [0.15, 0.2) is 17.6 Å². The summed E-state index contributed by atoms with van der Waals surface area (Å²) in [5.74, 6) is 0. The van der Waals surface area contributed by atoms with Gasteiger partial charge in [-0.05, 0) is 32.1 Å². The van der Waals surface area contributed by atoms with Gasteiger partial charge in [0, 0.05) is 12.6 Å². The number of nitrogens with zero attached hydrogens (tertiary/aromatic N) is 3. The molecule has 0 spiro atoms. The number of likely N-dealkylation sites (tertiary alicyclic amines) is 1. The Balaban J connectivity index is 1.98. The number of hydrogen-bond donors (Lipinski definition) is 1. The Bertz CT molecular complexity index is 627. The van der Waals surface area contributed by atoms with Gasteiger partial charge in [0.25, 0.3) is 0 Å². The van der Waals surface area contributed by atoms with E-state index in [1.165, 1.54) is 11.3 Å². The van der Waals surface area contributed by atoms with Gasteiger partial charge in [0.15, 0.2) is 5.52 Å². The third-order valence-electron chi connectivity index (χ3n) is 3.41. The molecule has 0 bridgehead atoms. The summed E-state index contributed by atoms with van der Waals surface area (Å²) in [6.07, 6.45) is 1.00. The lowest BCUT2D eigenvalue weighted by molar-refractivity contribution is -0.382. The summed E-state index contributed by atoms with van der Waals surface area (Å²) in [5.41, 5.74) is 2.79. The molecule has 0 saturated carbocycles. The zero-order chi connectivity index (χ0) is 13.4. The first kappa shape index (κ1) is 12.3. The van der Waals surface area contributed by atoms with Crippen LogP contribution < -0.4 is 5.32 Å². The Morgan fingerprint density at radius 2 is 2.42 bits per heavy atom. The molecule has 1 aliphatic heterocycles. The second-order valence-electron chi connectivity index (χ2n) is 4.81.